The van der Waals surface area contributed by atoms with E-state index in [1.54, 1.807) is 23.2 Å². The number of nitrogens with zero attached hydrogens (tertiary/aromatic N) is 4. The third-order valence-corrected chi connectivity index (χ3v) is 1.68. The molecule has 0 unspecified atom stereocenters. The van der Waals surface area contributed by atoms with E-state index >= 15 is 0 Å². The summed E-state index contributed by atoms with van der Waals surface area (Å²) in [5.74, 6) is 0.331. The number of anilines is 2. The Morgan fingerprint density at radius 3 is 2.50 bits per heavy atom. The molecule has 1 heterocycles. The molecule has 5 heteroatoms. The van der Waals surface area contributed by atoms with Gasteiger partial charge >= 0.3 is 0 Å². The van der Waals surface area contributed by atoms with Crippen molar-refractivity contribution in [2.75, 3.05) is 23.7 Å². The van der Waals surface area contributed by atoms with E-state index in [2.05, 4.69) is 4.98 Å². The zero-order valence-electron chi connectivity index (χ0n) is 7.51. The van der Waals surface area contributed by atoms with Crippen LogP contribution < -0.4 is 10.6 Å². The summed E-state index contributed by atoms with van der Waals surface area (Å²) >= 11 is 0. The van der Waals surface area contributed by atoms with Gasteiger partial charge in [0.05, 0.1) is 17.8 Å². The highest BCUT2D eigenvalue weighted by Crippen LogP contribution is 2.18. The summed E-state index contributed by atoms with van der Waals surface area (Å²) in [6.07, 6.45) is 1.57. The van der Waals surface area contributed by atoms with Crippen molar-refractivity contribution in [2.45, 2.75) is 0 Å². The lowest BCUT2D eigenvalue weighted by Gasteiger charge is -2.18. The number of rotatable bonds is 3. The molecule has 0 aliphatic rings. The van der Waals surface area contributed by atoms with Crippen LogP contribution >= 0.6 is 0 Å². The van der Waals surface area contributed by atoms with Gasteiger partial charge in [0.15, 0.2) is 0 Å². The van der Waals surface area contributed by atoms with Crippen molar-refractivity contribution in [2.24, 2.45) is 0 Å². The van der Waals surface area contributed by atoms with Gasteiger partial charge in [-0.1, -0.05) is 0 Å². The predicted octanol–water partition coefficient (Wildman–Crippen LogP) is 0.517. The average Bonchev–Trinajstić information content (AvgIpc) is 2.18. The number of nitriles is 2. The average molecular weight is 187 g/mol. The lowest BCUT2D eigenvalue weighted by Crippen LogP contribution is -2.24. The van der Waals surface area contributed by atoms with Gasteiger partial charge in [-0.2, -0.15) is 10.5 Å². The number of pyridine rings is 1. The first-order chi connectivity index (χ1) is 6.79. The standard InChI is InChI=1S/C9H9N5/c10-3-6-14(7-4-11)8-2-1-5-13-9(8)12/h1-2,5H,6-7H2,(H2,12,13). The topological polar surface area (TPSA) is 89.7 Å². The van der Waals surface area contributed by atoms with Crippen molar-refractivity contribution in [3.63, 3.8) is 0 Å². The van der Waals surface area contributed by atoms with Crippen molar-refractivity contribution < 1.29 is 0 Å². The Labute approximate surface area is 82.0 Å². The lowest BCUT2D eigenvalue weighted by atomic mass is 10.3. The Balaban J connectivity index is 2.95. The molecule has 0 atom stereocenters. The maximum atomic E-state index is 8.55. The first-order valence-corrected chi connectivity index (χ1v) is 3.99. The molecular formula is C9H9N5. The molecule has 1 aromatic heterocycles. The van der Waals surface area contributed by atoms with Crippen LogP contribution in [0.25, 0.3) is 0 Å². The molecule has 2 N–H and O–H groups in total. The van der Waals surface area contributed by atoms with Crippen molar-refractivity contribution in [1.29, 1.82) is 10.5 Å². The van der Waals surface area contributed by atoms with Gasteiger partial charge in [-0.3, -0.25) is 0 Å². The van der Waals surface area contributed by atoms with Crippen LogP contribution in [0.4, 0.5) is 11.5 Å². The summed E-state index contributed by atoms with van der Waals surface area (Å²) in [6, 6.07) is 7.39. The highest BCUT2D eigenvalue weighted by atomic mass is 15.1. The number of nitrogen functional groups attached to an aromatic ring is 1. The van der Waals surface area contributed by atoms with E-state index in [9.17, 15) is 0 Å². The fraction of sp³-hybridized carbons (Fsp3) is 0.222. The molecule has 0 fully saturated rings. The summed E-state index contributed by atoms with van der Waals surface area (Å²) < 4.78 is 0. The van der Waals surface area contributed by atoms with Crippen LogP contribution in [0.15, 0.2) is 18.3 Å². The number of aromatic nitrogens is 1. The number of nitrogens with two attached hydrogens (primary N) is 1. The van der Waals surface area contributed by atoms with E-state index < -0.39 is 0 Å². The predicted molar refractivity (Wildman–Crippen MR) is 52.1 cm³/mol. The van der Waals surface area contributed by atoms with Gasteiger partial charge in [0.1, 0.15) is 18.9 Å². The van der Waals surface area contributed by atoms with Crippen LogP contribution in [-0.2, 0) is 0 Å². The Morgan fingerprint density at radius 1 is 1.36 bits per heavy atom. The van der Waals surface area contributed by atoms with E-state index in [4.69, 9.17) is 16.3 Å². The molecule has 0 aliphatic heterocycles. The minimum Gasteiger partial charge on any atom is -0.382 e. The van der Waals surface area contributed by atoms with Crippen molar-refractivity contribution in [3.05, 3.63) is 18.3 Å². The highest BCUT2D eigenvalue weighted by molar-refractivity contribution is 5.63. The van der Waals surface area contributed by atoms with Gasteiger partial charge in [-0.05, 0) is 12.1 Å². The van der Waals surface area contributed by atoms with Crippen LogP contribution in [-0.4, -0.2) is 18.1 Å². The van der Waals surface area contributed by atoms with E-state index in [1.165, 1.54) is 0 Å². The Bertz CT molecular complexity index is 371. The molecule has 70 valence electrons. The first kappa shape index (κ1) is 9.82. The molecule has 0 amide bonds. The molecular weight excluding hydrogens is 178 g/mol. The SMILES string of the molecule is N#CCN(CC#N)c1cccnc1N. The molecule has 0 aliphatic carbocycles. The first-order valence-electron chi connectivity index (χ1n) is 3.99. The van der Waals surface area contributed by atoms with Gasteiger partial charge in [0.2, 0.25) is 0 Å². The zero-order valence-corrected chi connectivity index (χ0v) is 7.51. The van der Waals surface area contributed by atoms with Crippen LogP contribution in [0, 0.1) is 22.7 Å². The summed E-state index contributed by atoms with van der Waals surface area (Å²) in [6.45, 7) is 0.257. The van der Waals surface area contributed by atoms with Crippen LogP contribution in [0.3, 0.4) is 0 Å². The fourth-order valence-electron chi connectivity index (χ4n) is 1.07. The Morgan fingerprint density at radius 2 is 2.00 bits per heavy atom. The Kier molecular flexibility index (Phi) is 3.28. The smallest absolute Gasteiger partial charge is 0.147 e. The van der Waals surface area contributed by atoms with E-state index in [-0.39, 0.29) is 13.1 Å². The Hall–Kier alpha value is -2.27. The third-order valence-electron chi connectivity index (χ3n) is 1.68. The largest absolute Gasteiger partial charge is 0.382 e. The van der Waals surface area contributed by atoms with E-state index in [1.807, 2.05) is 12.1 Å². The monoisotopic (exact) mass is 187 g/mol. The number of hydrogen-bond acceptors (Lipinski definition) is 5. The van der Waals surface area contributed by atoms with Gasteiger partial charge in [-0.25, -0.2) is 4.98 Å². The molecule has 0 saturated carbocycles. The molecule has 0 spiro atoms. The van der Waals surface area contributed by atoms with Crippen molar-refractivity contribution in [3.8, 4) is 12.1 Å². The van der Waals surface area contributed by atoms with Gasteiger partial charge < -0.3 is 10.6 Å². The van der Waals surface area contributed by atoms with Gasteiger partial charge in [0, 0.05) is 6.20 Å². The molecule has 1 rings (SSSR count). The third kappa shape index (κ3) is 2.11. The fourth-order valence-corrected chi connectivity index (χ4v) is 1.07. The summed E-state index contributed by atoms with van der Waals surface area (Å²) in [7, 11) is 0. The van der Waals surface area contributed by atoms with E-state index in [0.29, 0.717) is 11.5 Å². The van der Waals surface area contributed by atoms with Crippen LogP contribution in [0.2, 0.25) is 0 Å². The molecule has 0 aromatic carbocycles. The second-order valence-corrected chi connectivity index (χ2v) is 2.58. The maximum absolute atomic E-state index is 8.55. The lowest BCUT2D eigenvalue weighted by molar-refractivity contribution is 0.962. The second kappa shape index (κ2) is 4.68. The second-order valence-electron chi connectivity index (χ2n) is 2.58. The zero-order chi connectivity index (χ0) is 10.4. The highest BCUT2D eigenvalue weighted by Gasteiger charge is 2.08. The van der Waals surface area contributed by atoms with Gasteiger partial charge in [-0.15, -0.1) is 0 Å². The van der Waals surface area contributed by atoms with Crippen LogP contribution in [0.5, 0.6) is 0 Å². The minimum atomic E-state index is 0.128. The molecule has 0 radical (unpaired) electrons. The summed E-state index contributed by atoms with van der Waals surface area (Å²) in [4.78, 5) is 5.45. The van der Waals surface area contributed by atoms with Crippen molar-refractivity contribution in [1.82, 2.24) is 4.98 Å². The quantitative estimate of drug-likeness (QED) is 0.696. The molecule has 5 nitrogen and oxygen atoms in total. The van der Waals surface area contributed by atoms with E-state index in [0.717, 1.165) is 0 Å². The summed E-state index contributed by atoms with van der Waals surface area (Å²) in [5.41, 5.74) is 6.23. The maximum Gasteiger partial charge on any atom is 0.147 e. The van der Waals surface area contributed by atoms with Crippen molar-refractivity contribution >= 4 is 11.5 Å². The van der Waals surface area contributed by atoms with Crippen LogP contribution in [0.1, 0.15) is 0 Å². The summed E-state index contributed by atoms with van der Waals surface area (Å²) in [5, 5.41) is 17.1. The number of hydrogen-bond donors (Lipinski definition) is 1. The molecule has 14 heavy (non-hydrogen) atoms. The molecule has 0 bridgehead atoms. The molecule has 1 aromatic rings. The van der Waals surface area contributed by atoms with Gasteiger partial charge in [0.25, 0.3) is 0 Å². The molecule has 0 saturated heterocycles. The minimum absolute atomic E-state index is 0.128. The normalized spacial score (nSPS) is 8.71.